The van der Waals surface area contributed by atoms with Gasteiger partial charge in [0.25, 0.3) is 6.43 Å². The molecule has 30 heavy (non-hydrogen) atoms. The van der Waals surface area contributed by atoms with Gasteiger partial charge in [-0.3, -0.25) is 15.3 Å². The lowest BCUT2D eigenvalue weighted by Gasteiger charge is -2.16. The van der Waals surface area contributed by atoms with Crippen molar-refractivity contribution < 1.29 is 27.9 Å². The van der Waals surface area contributed by atoms with Crippen molar-refractivity contribution in [3.63, 3.8) is 0 Å². The van der Waals surface area contributed by atoms with E-state index in [2.05, 4.69) is 25.8 Å². The molecule has 3 amide bonds. The van der Waals surface area contributed by atoms with Crippen molar-refractivity contribution >= 4 is 34.7 Å². The zero-order valence-electron chi connectivity index (χ0n) is 15.6. The Hall–Kier alpha value is -3.83. The maximum atomic E-state index is 13.0. The molecule has 2 heterocycles. The second-order valence-electron chi connectivity index (χ2n) is 6.32. The van der Waals surface area contributed by atoms with E-state index in [0.29, 0.717) is 16.0 Å². The normalized spacial score (nSPS) is 12.0. The van der Waals surface area contributed by atoms with Crippen LogP contribution in [0, 0.1) is 5.82 Å². The lowest BCUT2D eigenvalue weighted by atomic mass is 10.1. The Kier molecular flexibility index (Phi) is 6.04. The molecular formula is C18H17F3N6O3. The second kappa shape index (κ2) is 8.68. The monoisotopic (exact) mass is 422 g/mol. The first-order valence-electron chi connectivity index (χ1n) is 8.70. The molecule has 0 radical (unpaired) electrons. The highest BCUT2D eigenvalue weighted by Gasteiger charge is 2.24. The number of fused-ring (bicyclic) bond motifs is 1. The van der Waals surface area contributed by atoms with E-state index in [1.165, 1.54) is 24.4 Å². The molecule has 0 aliphatic carbocycles. The zero-order chi connectivity index (χ0) is 21.8. The van der Waals surface area contributed by atoms with Crippen molar-refractivity contribution in [2.24, 2.45) is 0 Å². The van der Waals surface area contributed by atoms with Gasteiger partial charge in [-0.1, -0.05) is 12.1 Å². The fourth-order valence-corrected chi connectivity index (χ4v) is 2.75. The summed E-state index contributed by atoms with van der Waals surface area (Å²) in [6.07, 6.45) is -3.25. The summed E-state index contributed by atoms with van der Waals surface area (Å²) in [4.78, 5) is 27.9. The van der Waals surface area contributed by atoms with Gasteiger partial charge < -0.3 is 10.4 Å². The number of carbonyl (C=O) groups is 2. The van der Waals surface area contributed by atoms with Gasteiger partial charge in [0, 0.05) is 12.3 Å². The Morgan fingerprint density at radius 1 is 1.27 bits per heavy atom. The van der Waals surface area contributed by atoms with Gasteiger partial charge in [0.05, 0.1) is 23.5 Å². The van der Waals surface area contributed by atoms with Crippen LogP contribution in [0.2, 0.25) is 0 Å². The number of urea groups is 1. The summed E-state index contributed by atoms with van der Waals surface area (Å²) in [6, 6.07) is 6.05. The van der Waals surface area contributed by atoms with Gasteiger partial charge in [-0.2, -0.15) is 5.10 Å². The van der Waals surface area contributed by atoms with Gasteiger partial charge in [0.1, 0.15) is 11.6 Å². The topological polar surface area (TPSA) is 123 Å². The van der Waals surface area contributed by atoms with Crippen LogP contribution < -0.4 is 15.5 Å². The van der Waals surface area contributed by atoms with Gasteiger partial charge in [-0.15, -0.1) is 0 Å². The van der Waals surface area contributed by atoms with E-state index in [1.807, 2.05) is 0 Å². The number of anilines is 2. The standard InChI is InChI=1S/C18H17F3N6O3/c1-9(10-2-4-11(19)5-3-10)23-17(28)24-15-6-13-12(7-22-15)16(26-25-13)27(18(29)30)8-14(20)21/h2-7,9,14H,8H2,1H3,(H,25,26)(H,29,30)(H2,22,23,24,28)/t9-/m1/s1. The molecule has 1 aromatic carbocycles. The third kappa shape index (κ3) is 4.77. The Bertz CT molecular complexity index is 1060. The molecule has 3 rings (SSSR count). The quantitative estimate of drug-likeness (QED) is 0.482. The summed E-state index contributed by atoms with van der Waals surface area (Å²) < 4.78 is 38.3. The maximum Gasteiger partial charge on any atom is 0.413 e. The number of benzene rings is 1. The number of nitrogens with zero attached hydrogens (tertiary/aromatic N) is 3. The summed E-state index contributed by atoms with van der Waals surface area (Å²) in [7, 11) is 0. The summed E-state index contributed by atoms with van der Waals surface area (Å²) in [6.45, 7) is 0.674. The van der Waals surface area contributed by atoms with Crippen molar-refractivity contribution in [2.45, 2.75) is 19.4 Å². The van der Waals surface area contributed by atoms with Gasteiger partial charge in [0.2, 0.25) is 0 Å². The third-order valence-corrected chi connectivity index (χ3v) is 4.19. The van der Waals surface area contributed by atoms with E-state index in [0.717, 1.165) is 0 Å². The molecule has 0 saturated heterocycles. The van der Waals surface area contributed by atoms with Crippen LogP contribution in [0.5, 0.6) is 0 Å². The lowest BCUT2D eigenvalue weighted by molar-refractivity contribution is 0.147. The highest BCUT2D eigenvalue weighted by Crippen LogP contribution is 2.26. The van der Waals surface area contributed by atoms with Crippen LogP contribution in [0.4, 0.5) is 34.4 Å². The fraction of sp³-hybridized carbons (Fsp3) is 0.222. The molecule has 0 fully saturated rings. The maximum absolute atomic E-state index is 13.0. The molecule has 9 nitrogen and oxygen atoms in total. The highest BCUT2D eigenvalue weighted by atomic mass is 19.3. The number of carbonyl (C=O) groups excluding carboxylic acids is 1. The number of halogens is 3. The third-order valence-electron chi connectivity index (χ3n) is 4.19. The van der Waals surface area contributed by atoms with Crippen LogP contribution in [0.1, 0.15) is 18.5 Å². The molecule has 0 bridgehead atoms. The van der Waals surface area contributed by atoms with Crippen molar-refractivity contribution in [3.8, 4) is 0 Å². The molecule has 0 saturated carbocycles. The predicted molar refractivity (Wildman–Crippen MR) is 102 cm³/mol. The van der Waals surface area contributed by atoms with Crippen molar-refractivity contribution in [2.75, 3.05) is 16.8 Å². The summed E-state index contributed by atoms with van der Waals surface area (Å²) in [5.74, 6) is -0.481. The molecule has 0 spiro atoms. The molecule has 2 aromatic heterocycles. The number of aromatic amines is 1. The molecule has 0 unspecified atom stereocenters. The SMILES string of the molecule is C[C@@H](NC(=O)Nc1cc2[nH]nc(N(CC(F)F)C(=O)O)c2cn1)c1ccc(F)cc1. The van der Waals surface area contributed by atoms with E-state index >= 15 is 0 Å². The number of amides is 3. The van der Waals surface area contributed by atoms with E-state index in [1.54, 1.807) is 19.1 Å². The van der Waals surface area contributed by atoms with E-state index in [-0.39, 0.29) is 22.8 Å². The van der Waals surface area contributed by atoms with Gasteiger partial charge >= 0.3 is 12.1 Å². The number of aromatic nitrogens is 3. The van der Waals surface area contributed by atoms with Gasteiger partial charge in [0.15, 0.2) is 5.82 Å². The van der Waals surface area contributed by atoms with Crippen molar-refractivity contribution in [3.05, 3.63) is 47.9 Å². The number of hydrogen-bond acceptors (Lipinski definition) is 4. The molecular weight excluding hydrogens is 405 g/mol. The number of nitrogens with one attached hydrogen (secondary N) is 3. The van der Waals surface area contributed by atoms with E-state index in [9.17, 15) is 22.8 Å². The molecule has 0 aliphatic rings. The number of carboxylic acid groups (broad SMARTS) is 1. The average Bonchev–Trinajstić information content (AvgIpc) is 3.09. The first-order valence-corrected chi connectivity index (χ1v) is 8.70. The Balaban J connectivity index is 1.72. The minimum Gasteiger partial charge on any atom is -0.465 e. The summed E-state index contributed by atoms with van der Waals surface area (Å²) in [5, 5.41) is 20.8. The second-order valence-corrected chi connectivity index (χ2v) is 6.32. The van der Waals surface area contributed by atoms with Gasteiger partial charge in [-0.25, -0.2) is 27.7 Å². The Morgan fingerprint density at radius 3 is 2.60 bits per heavy atom. The lowest BCUT2D eigenvalue weighted by Crippen LogP contribution is -2.34. The minimum absolute atomic E-state index is 0.122. The Labute approximate surface area is 167 Å². The number of alkyl halides is 2. The van der Waals surface area contributed by atoms with Gasteiger partial charge in [-0.05, 0) is 24.6 Å². The zero-order valence-corrected chi connectivity index (χ0v) is 15.6. The molecule has 1 atom stereocenters. The number of H-pyrrole nitrogens is 1. The average molecular weight is 422 g/mol. The molecule has 12 heteroatoms. The van der Waals surface area contributed by atoms with Crippen LogP contribution in [-0.2, 0) is 0 Å². The van der Waals surface area contributed by atoms with Crippen LogP contribution in [0.25, 0.3) is 10.9 Å². The minimum atomic E-state index is -2.88. The molecule has 3 aromatic rings. The van der Waals surface area contributed by atoms with Crippen molar-refractivity contribution in [1.82, 2.24) is 20.5 Å². The number of pyridine rings is 1. The molecule has 158 valence electrons. The predicted octanol–water partition coefficient (Wildman–Crippen LogP) is 3.73. The van der Waals surface area contributed by atoms with E-state index < -0.39 is 31.1 Å². The molecule has 4 N–H and O–H groups in total. The smallest absolute Gasteiger partial charge is 0.413 e. The Morgan fingerprint density at radius 2 is 1.97 bits per heavy atom. The fourth-order valence-electron chi connectivity index (χ4n) is 2.75. The summed E-state index contributed by atoms with van der Waals surface area (Å²) in [5.41, 5.74) is 0.989. The van der Waals surface area contributed by atoms with Crippen molar-refractivity contribution in [1.29, 1.82) is 0 Å². The van der Waals surface area contributed by atoms with Crippen LogP contribution in [0.15, 0.2) is 36.5 Å². The largest absolute Gasteiger partial charge is 0.465 e. The number of rotatable bonds is 6. The first-order chi connectivity index (χ1) is 14.2. The summed E-state index contributed by atoms with van der Waals surface area (Å²) >= 11 is 0. The highest BCUT2D eigenvalue weighted by molar-refractivity contribution is 5.99. The molecule has 0 aliphatic heterocycles. The first kappa shape index (κ1) is 20.9. The van der Waals surface area contributed by atoms with E-state index in [4.69, 9.17) is 5.11 Å². The van der Waals surface area contributed by atoms with Crippen LogP contribution in [0.3, 0.4) is 0 Å². The number of hydrogen-bond donors (Lipinski definition) is 4. The van der Waals surface area contributed by atoms with Crippen LogP contribution >= 0.6 is 0 Å². The van der Waals surface area contributed by atoms with Crippen LogP contribution in [-0.4, -0.2) is 45.4 Å².